The number of hydrogen-bond donors (Lipinski definition) is 1. The molecule has 1 heterocycles. The molecule has 0 aliphatic rings. The molecule has 4 rings (SSSR count). The number of carbonyl (C=O) groups excluding carboxylic acids is 1. The lowest BCUT2D eigenvalue weighted by atomic mass is 10.3. The van der Waals surface area contributed by atoms with Crippen LogP contribution in [0.4, 0.5) is 5.69 Å². The molecule has 0 atom stereocenters. The van der Waals surface area contributed by atoms with Gasteiger partial charge in [0.2, 0.25) is 5.91 Å². The number of rotatable bonds is 10. The summed E-state index contributed by atoms with van der Waals surface area (Å²) in [5.41, 5.74) is 1.70. The molecule has 3 aromatic carbocycles. The molecule has 0 unspecified atom stereocenters. The maximum atomic E-state index is 12.5. The molecule has 0 bridgehead atoms. The van der Waals surface area contributed by atoms with Crippen LogP contribution in [0.25, 0.3) is 5.69 Å². The van der Waals surface area contributed by atoms with Gasteiger partial charge in [-0.25, -0.2) is 0 Å². The highest BCUT2D eigenvalue weighted by Gasteiger charge is 2.16. The van der Waals surface area contributed by atoms with Crippen LogP contribution in [0.3, 0.4) is 0 Å². The summed E-state index contributed by atoms with van der Waals surface area (Å²) in [7, 11) is 0. The van der Waals surface area contributed by atoms with Crippen LogP contribution >= 0.6 is 23.5 Å². The van der Waals surface area contributed by atoms with Crippen molar-refractivity contribution in [3.05, 3.63) is 90.8 Å². The molecule has 1 amide bonds. The first-order valence-electron chi connectivity index (χ1n) is 10.6. The lowest BCUT2D eigenvalue weighted by Gasteiger charge is -2.10. The Morgan fingerprint density at radius 2 is 1.61 bits per heavy atom. The Morgan fingerprint density at radius 1 is 0.909 bits per heavy atom. The number of benzene rings is 3. The largest absolute Gasteiger partial charge is 0.494 e. The molecular formula is C25H24N4O2S2. The van der Waals surface area contributed by atoms with E-state index in [4.69, 9.17) is 4.74 Å². The second-order valence-corrected chi connectivity index (χ2v) is 8.96. The summed E-state index contributed by atoms with van der Waals surface area (Å²) in [6, 6.07) is 27.5. The number of carbonyl (C=O) groups is 1. The van der Waals surface area contributed by atoms with E-state index in [-0.39, 0.29) is 11.7 Å². The number of nitrogens with one attached hydrogen (secondary N) is 1. The van der Waals surface area contributed by atoms with E-state index in [9.17, 15) is 4.79 Å². The van der Waals surface area contributed by atoms with E-state index in [2.05, 4.69) is 27.6 Å². The highest BCUT2D eigenvalue weighted by atomic mass is 32.2. The fraction of sp³-hybridized carbons (Fsp3) is 0.160. The highest BCUT2D eigenvalue weighted by molar-refractivity contribution is 7.99. The van der Waals surface area contributed by atoms with E-state index in [0.29, 0.717) is 17.5 Å². The minimum absolute atomic E-state index is 0.105. The molecule has 0 spiro atoms. The zero-order valence-electron chi connectivity index (χ0n) is 18.2. The normalized spacial score (nSPS) is 10.7. The number of hydrogen-bond acceptors (Lipinski definition) is 6. The van der Waals surface area contributed by atoms with Crippen LogP contribution in [-0.4, -0.2) is 33.0 Å². The number of para-hydroxylation sites is 1. The molecular weight excluding hydrogens is 452 g/mol. The van der Waals surface area contributed by atoms with E-state index in [1.165, 1.54) is 16.7 Å². The Bertz CT molecular complexity index is 1170. The molecule has 0 aliphatic heterocycles. The third kappa shape index (κ3) is 6.40. The maximum absolute atomic E-state index is 12.5. The van der Waals surface area contributed by atoms with Gasteiger partial charge in [-0.1, -0.05) is 48.2 Å². The number of anilines is 1. The Balaban J connectivity index is 1.44. The molecule has 33 heavy (non-hydrogen) atoms. The second kappa shape index (κ2) is 11.6. The van der Waals surface area contributed by atoms with Gasteiger partial charge in [0.25, 0.3) is 0 Å². The lowest BCUT2D eigenvalue weighted by molar-refractivity contribution is -0.113. The fourth-order valence-electron chi connectivity index (χ4n) is 3.12. The van der Waals surface area contributed by atoms with Gasteiger partial charge in [-0.15, -0.1) is 22.0 Å². The minimum Gasteiger partial charge on any atom is -0.494 e. The Kier molecular flexibility index (Phi) is 8.05. The van der Waals surface area contributed by atoms with Crippen molar-refractivity contribution in [2.45, 2.75) is 22.7 Å². The molecule has 8 heteroatoms. The second-order valence-electron chi connectivity index (χ2n) is 6.97. The van der Waals surface area contributed by atoms with Crippen LogP contribution in [0.15, 0.2) is 95.0 Å². The van der Waals surface area contributed by atoms with Gasteiger partial charge in [-0.05, 0) is 55.5 Å². The van der Waals surface area contributed by atoms with Crippen LogP contribution in [0.2, 0.25) is 0 Å². The first-order valence-corrected chi connectivity index (χ1v) is 12.5. The molecule has 4 aromatic rings. The predicted molar refractivity (Wildman–Crippen MR) is 134 cm³/mol. The zero-order valence-corrected chi connectivity index (χ0v) is 19.8. The molecule has 0 saturated heterocycles. The van der Waals surface area contributed by atoms with Crippen molar-refractivity contribution in [2.24, 2.45) is 0 Å². The minimum atomic E-state index is -0.105. The quantitative estimate of drug-likeness (QED) is 0.297. The van der Waals surface area contributed by atoms with Crippen LogP contribution in [0.1, 0.15) is 12.7 Å². The molecule has 0 saturated carbocycles. The van der Waals surface area contributed by atoms with Crippen LogP contribution in [0.5, 0.6) is 5.75 Å². The van der Waals surface area contributed by atoms with E-state index in [1.807, 2.05) is 84.3 Å². The van der Waals surface area contributed by atoms with Gasteiger partial charge < -0.3 is 10.1 Å². The predicted octanol–water partition coefficient (Wildman–Crippen LogP) is 5.69. The maximum Gasteiger partial charge on any atom is 0.234 e. The third-order valence-electron chi connectivity index (χ3n) is 4.61. The van der Waals surface area contributed by atoms with Gasteiger partial charge >= 0.3 is 0 Å². The number of thioether (sulfide) groups is 2. The summed E-state index contributed by atoms with van der Waals surface area (Å²) in [5, 5.41) is 12.4. The Labute approximate surface area is 201 Å². The molecule has 0 radical (unpaired) electrons. The Hall–Kier alpha value is -3.23. The molecule has 6 nitrogen and oxygen atoms in total. The van der Waals surface area contributed by atoms with Crippen molar-refractivity contribution in [1.29, 1.82) is 0 Å². The van der Waals surface area contributed by atoms with E-state index in [0.717, 1.165) is 22.9 Å². The first-order chi connectivity index (χ1) is 16.2. The highest BCUT2D eigenvalue weighted by Crippen LogP contribution is 2.27. The SMILES string of the molecule is CCOc1ccc(NC(=O)CSc2nnc(CSc3ccccc3)n2-c2ccccc2)cc1. The van der Waals surface area contributed by atoms with E-state index in [1.54, 1.807) is 11.8 Å². The Morgan fingerprint density at radius 3 is 2.30 bits per heavy atom. The molecule has 1 N–H and O–H groups in total. The van der Waals surface area contributed by atoms with Crippen LogP contribution in [-0.2, 0) is 10.5 Å². The van der Waals surface area contributed by atoms with Crippen LogP contribution in [0, 0.1) is 0 Å². The molecule has 0 aliphatic carbocycles. The fourth-order valence-corrected chi connectivity index (χ4v) is 4.72. The van der Waals surface area contributed by atoms with Crippen molar-refractivity contribution < 1.29 is 9.53 Å². The number of aromatic nitrogens is 3. The van der Waals surface area contributed by atoms with Gasteiger partial charge in [0, 0.05) is 16.3 Å². The summed E-state index contributed by atoms with van der Waals surface area (Å²) >= 11 is 3.07. The smallest absolute Gasteiger partial charge is 0.234 e. The summed E-state index contributed by atoms with van der Waals surface area (Å²) in [6.07, 6.45) is 0. The van der Waals surface area contributed by atoms with Crippen molar-refractivity contribution in [3.8, 4) is 11.4 Å². The van der Waals surface area contributed by atoms with E-state index < -0.39 is 0 Å². The topological polar surface area (TPSA) is 69.0 Å². The number of amides is 1. The summed E-state index contributed by atoms with van der Waals surface area (Å²) < 4.78 is 7.46. The van der Waals surface area contributed by atoms with Crippen molar-refractivity contribution in [2.75, 3.05) is 17.7 Å². The molecule has 1 aromatic heterocycles. The number of ether oxygens (including phenoxy) is 1. The zero-order chi connectivity index (χ0) is 22.9. The summed E-state index contributed by atoms with van der Waals surface area (Å²) in [5.74, 6) is 2.41. The van der Waals surface area contributed by atoms with Gasteiger partial charge in [0.15, 0.2) is 5.16 Å². The van der Waals surface area contributed by atoms with Crippen molar-refractivity contribution >= 4 is 35.1 Å². The van der Waals surface area contributed by atoms with Gasteiger partial charge in [0.05, 0.1) is 18.1 Å². The average molecular weight is 477 g/mol. The van der Waals surface area contributed by atoms with Gasteiger partial charge in [0.1, 0.15) is 11.6 Å². The van der Waals surface area contributed by atoms with Crippen molar-refractivity contribution in [3.63, 3.8) is 0 Å². The summed E-state index contributed by atoms with van der Waals surface area (Å²) in [4.78, 5) is 13.7. The standard InChI is InChI=1S/C25H24N4O2S2/c1-2-31-21-15-13-19(14-16-21)26-24(30)18-33-25-28-27-23(17-32-22-11-7-4-8-12-22)29(25)20-9-5-3-6-10-20/h3-16H,2,17-18H2,1H3,(H,26,30). The summed E-state index contributed by atoms with van der Waals surface area (Å²) in [6.45, 7) is 2.54. The number of nitrogens with zero attached hydrogens (tertiary/aromatic N) is 3. The molecule has 168 valence electrons. The van der Waals surface area contributed by atoms with Gasteiger partial charge in [-0.3, -0.25) is 9.36 Å². The van der Waals surface area contributed by atoms with E-state index >= 15 is 0 Å². The monoisotopic (exact) mass is 476 g/mol. The first kappa shape index (κ1) is 22.9. The van der Waals surface area contributed by atoms with Crippen molar-refractivity contribution in [1.82, 2.24) is 14.8 Å². The van der Waals surface area contributed by atoms with Crippen LogP contribution < -0.4 is 10.1 Å². The lowest BCUT2D eigenvalue weighted by Crippen LogP contribution is -2.14. The van der Waals surface area contributed by atoms with Gasteiger partial charge in [-0.2, -0.15) is 0 Å². The molecule has 0 fully saturated rings. The third-order valence-corrected chi connectivity index (χ3v) is 6.54. The average Bonchev–Trinajstić information content (AvgIpc) is 3.27.